The standard InChI is InChI=1S/C11H13NO/c1-8-2-6-10(7-3-8)12-11(13)9-4-5-9/h2-3,6-7,9H,4-5H2,1H3,(H,12,13). The number of hydrogen-bond donors (Lipinski definition) is 1. The lowest BCUT2D eigenvalue weighted by Crippen LogP contribution is -2.12. The maximum Gasteiger partial charge on any atom is 0.227 e. The predicted molar refractivity (Wildman–Crippen MR) is 52.5 cm³/mol. The first-order chi connectivity index (χ1) is 6.25. The van der Waals surface area contributed by atoms with Crippen LogP contribution in [0, 0.1) is 12.8 Å². The highest BCUT2D eigenvalue weighted by molar-refractivity contribution is 5.93. The SMILES string of the molecule is Cc1ccc(NC(=O)C2CC2)cc1. The lowest BCUT2D eigenvalue weighted by molar-refractivity contribution is -0.117. The van der Waals surface area contributed by atoms with E-state index in [4.69, 9.17) is 0 Å². The van der Waals surface area contributed by atoms with Gasteiger partial charge in [-0.3, -0.25) is 4.79 Å². The largest absolute Gasteiger partial charge is 0.326 e. The zero-order valence-electron chi connectivity index (χ0n) is 7.71. The van der Waals surface area contributed by atoms with Crippen molar-refractivity contribution in [1.29, 1.82) is 0 Å². The van der Waals surface area contributed by atoms with Crippen molar-refractivity contribution in [3.63, 3.8) is 0 Å². The summed E-state index contributed by atoms with van der Waals surface area (Å²) in [5.41, 5.74) is 2.12. The molecule has 2 nitrogen and oxygen atoms in total. The molecule has 0 heterocycles. The molecule has 0 atom stereocenters. The minimum absolute atomic E-state index is 0.170. The lowest BCUT2D eigenvalue weighted by Gasteiger charge is -2.03. The highest BCUT2D eigenvalue weighted by Crippen LogP contribution is 2.30. The molecule has 0 radical (unpaired) electrons. The first-order valence-electron chi connectivity index (χ1n) is 4.63. The summed E-state index contributed by atoms with van der Waals surface area (Å²) < 4.78 is 0. The second-order valence-corrected chi connectivity index (χ2v) is 3.63. The number of carbonyl (C=O) groups excluding carboxylic acids is 1. The van der Waals surface area contributed by atoms with E-state index >= 15 is 0 Å². The number of hydrogen-bond acceptors (Lipinski definition) is 1. The first-order valence-corrected chi connectivity index (χ1v) is 4.63. The van der Waals surface area contributed by atoms with Crippen molar-refractivity contribution in [2.75, 3.05) is 5.32 Å². The van der Waals surface area contributed by atoms with Crippen molar-refractivity contribution < 1.29 is 4.79 Å². The van der Waals surface area contributed by atoms with Crippen LogP contribution < -0.4 is 5.32 Å². The molecule has 0 saturated heterocycles. The molecule has 1 aliphatic rings. The first kappa shape index (κ1) is 8.30. The Hall–Kier alpha value is -1.31. The molecule has 2 heteroatoms. The van der Waals surface area contributed by atoms with Crippen LogP contribution in [-0.2, 0) is 4.79 Å². The van der Waals surface area contributed by atoms with Crippen molar-refractivity contribution in [3.05, 3.63) is 29.8 Å². The Bertz CT molecular complexity index is 311. The van der Waals surface area contributed by atoms with Crippen molar-refractivity contribution in [2.24, 2.45) is 5.92 Å². The maximum absolute atomic E-state index is 11.3. The monoisotopic (exact) mass is 175 g/mol. The van der Waals surface area contributed by atoms with Crippen LogP contribution in [-0.4, -0.2) is 5.91 Å². The van der Waals surface area contributed by atoms with E-state index < -0.39 is 0 Å². The summed E-state index contributed by atoms with van der Waals surface area (Å²) in [6, 6.07) is 7.89. The molecule has 1 aromatic carbocycles. The van der Waals surface area contributed by atoms with Gasteiger partial charge in [-0.25, -0.2) is 0 Å². The van der Waals surface area contributed by atoms with Gasteiger partial charge in [-0.15, -0.1) is 0 Å². The Morgan fingerprint density at radius 3 is 2.46 bits per heavy atom. The number of amides is 1. The maximum atomic E-state index is 11.3. The molecule has 2 rings (SSSR count). The third kappa shape index (κ3) is 2.08. The molecular formula is C11H13NO. The number of carbonyl (C=O) groups is 1. The number of rotatable bonds is 2. The van der Waals surface area contributed by atoms with Crippen LogP contribution >= 0.6 is 0 Å². The molecule has 68 valence electrons. The Morgan fingerprint density at radius 2 is 1.92 bits per heavy atom. The van der Waals surface area contributed by atoms with Gasteiger partial charge in [0.2, 0.25) is 5.91 Å². The van der Waals surface area contributed by atoms with E-state index in [9.17, 15) is 4.79 Å². The molecule has 1 aromatic rings. The summed E-state index contributed by atoms with van der Waals surface area (Å²) in [5, 5.41) is 2.89. The van der Waals surface area contributed by atoms with Gasteiger partial charge in [-0.05, 0) is 31.9 Å². The van der Waals surface area contributed by atoms with Crippen molar-refractivity contribution in [2.45, 2.75) is 19.8 Å². The second kappa shape index (κ2) is 3.21. The summed E-state index contributed by atoms with van der Waals surface area (Å²) in [5.74, 6) is 0.449. The Morgan fingerprint density at radius 1 is 1.31 bits per heavy atom. The predicted octanol–water partition coefficient (Wildman–Crippen LogP) is 2.34. The average Bonchev–Trinajstić information content (AvgIpc) is 2.91. The van der Waals surface area contributed by atoms with E-state index in [1.54, 1.807) is 0 Å². The molecule has 13 heavy (non-hydrogen) atoms. The smallest absolute Gasteiger partial charge is 0.227 e. The van der Waals surface area contributed by atoms with Gasteiger partial charge >= 0.3 is 0 Å². The van der Waals surface area contributed by atoms with Gasteiger partial charge < -0.3 is 5.32 Å². The normalized spacial score (nSPS) is 15.5. The van der Waals surface area contributed by atoms with Crippen molar-refractivity contribution in [1.82, 2.24) is 0 Å². The van der Waals surface area contributed by atoms with Gasteiger partial charge in [0.15, 0.2) is 0 Å². The fourth-order valence-electron chi connectivity index (χ4n) is 1.23. The Kier molecular flexibility index (Phi) is 2.05. The number of aryl methyl sites for hydroxylation is 1. The quantitative estimate of drug-likeness (QED) is 0.734. The Labute approximate surface area is 78.0 Å². The molecule has 1 amide bonds. The summed E-state index contributed by atoms with van der Waals surface area (Å²) in [4.78, 5) is 11.3. The van der Waals surface area contributed by atoms with Gasteiger partial charge in [0.25, 0.3) is 0 Å². The number of nitrogens with one attached hydrogen (secondary N) is 1. The highest BCUT2D eigenvalue weighted by Gasteiger charge is 2.29. The fourth-order valence-corrected chi connectivity index (χ4v) is 1.23. The zero-order chi connectivity index (χ0) is 9.26. The van der Waals surface area contributed by atoms with E-state index in [1.165, 1.54) is 5.56 Å². The number of benzene rings is 1. The van der Waals surface area contributed by atoms with E-state index in [2.05, 4.69) is 5.32 Å². The van der Waals surface area contributed by atoms with Crippen molar-refractivity contribution >= 4 is 11.6 Å². The van der Waals surface area contributed by atoms with Crippen LogP contribution in [0.2, 0.25) is 0 Å². The minimum Gasteiger partial charge on any atom is -0.326 e. The van der Waals surface area contributed by atoms with Crippen LogP contribution in [0.4, 0.5) is 5.69 Å². The van der Waals surface area contributed by atoms with Gasteiger partial charge in [0, 0.05) is 11.6 Å². The minimum atomic E-state index is 0.170. The molecule has 1 saturated carbocycles. The van der Waals surface area contributed by atoms with Gasteiger partial charge in [0.1, 0.15) is 0 Å². The summed E-state index contributed by atoms with van der Waals surface area (Å²) in [7, 11) is 0. The van der Waals surface area contributed by atoms with E-state index in [-0.39, 0.29) is 11.8 Å². The van der Waals surface area contributed by atoms with Crippen LogP contribution in [0.25, 0.3) is 0 Å². The highest BCUT2D eigenvalue weighted by atomic mass is 16.2. The zero-order valence-corrected chi connectivity index (χ0v) is 7.71. The van der Waals surface area contributed by atoms with Crippen LogP contribution in [0.1, 0.15) is 18.4 Å². The van der Waals surface area contributed by atoms with Gasteiger partial charge in [-0.2, -0.15) is 0 Å². The second-order valence-electron chi connectivity index (χ2n) is 3.63. The van der Waals surface area contributed by atoms with Crippen LogP contribution in [0.3, 0.4) is 0 Å². The Balaban J connectivity index is 2.00. The molecular weight excluding hydrogens is 162 g/mol. The third-order valence-corrected chi connectivity index (χ3v) is 2.27. The topological polar surface area (TPSA) is 29.1 Å². The molecule has 0 aromatic heterocycles. The van der Waals surface area contributed by atoms with Crippen LogP contribution in [0.15, 0.2) is 24.3 Å². The molecule has 0 aliphatic heterocycles. The van der Waals surface area contributed by atoms with E-state index in [1.807, 2.05) is 31.2 Å². The summed E-state index contributed by atoms with van der Waals surface area (Å²) in [6.07, 6.45) is 2.11. The summed E-state index contributed by atoms with van der Waals surface area (Å²) in [6.45, 7) is 2.03. The number of anilines is 1. The molecule has 0 bridgehead atoms. The third-order valence-electron chi connectivity index (χ3n) is 2.27. The molecule has 1 N–H and O–H groups in total. The van der Waals surface area contributed by atoms with E-state index in [0.717, 1.165) is 18.5 Å². The van der Waals surface area contributed by atoms with E-state index in [0.29, 0.717) is 0 Å². The molecule has 0 unspecified atom stereocenters. The molecule has 1 fully saturated rings. The van der Waals surface area contributed by atoms with Crippen molar-refractivity contribution in [3.8, 4) is 0 Å². The molecule has 0 spiro atoms. The van der Waals surface area contributed by atoms with Gasteiger partial charge in [0.05, 0.1) is 0 Å². The van der Waals surface area contributed by atoms with Gasteiger partial charge in [-0.1, -0.05) is 17.7 Å². The average molecular weight is 175 g/mol. The lowest BCUT2D eigenvalue weighted by atomic mass is 10.2. The fraction of sp³-hybridized carbons (Fsp3) is 0.364. The molecule has 1 aliphatic carbocycles. The summed E-state index contributed by atoms with van der Waals surface area (Å²) >= 11 is 0. The van der Waals surface area contributed by atoms with Crippen LogP contribution in [0.5, 0.6) is 0 Å².